The molecule has 0 unspecified atom stereocenters. The lowest BCUT2D eigenvalue weighted by molar-refractivity contribution is -0.142. The number of nitrogens with two attached hydrogens (primary N) is 1. The summed E-state index contributed by atoms with van der Waals surface area (Å²) in [7, 11) is 0. The molecular formula is C12H13F3N4O. The molecule has 1 saturated heterocycles. The van der Waals surface area contributed by atoms with Crippen molar-refractivity contribution in [3.63, 3.8) is 0 Å². The highest BCUT2D eigenvalue weighted by Crippen LogP contribution is 2.34. The standard InChI is InChI=1S/C12H13F3N4O/c13-12(14,15)11-8(16)6-17-10-5-9(18-19(10)11)7-1-3-20-4-2-7/h5-7H,1-4,16H2. The van der Waals surface area contributed by atoms with Gasteiger partial charge in [-0.25, -0.2) is 9.50 Å². The molecule has 2 aromatic heterocycles. The molecule has 5 nitrogen and oxygen atoms in total. The van der Waals surface area contributed by atoms with E-state index in [2.05, 4.69) is 10.1 Å². The van der Waals surface area contributed by atoms with Gasteiger partial charge in [-0.05, 0) is 12.8 Å². The van der Waals surface area contributed by atoms with Gasteiger partial charge < -0.3 is 10.5 Å². The van der Waals surface area contributed by atoms with Crippen molar-refractivity contribution in [1.29, 1.82) is 0 Å². The molecule has 2 N–H and O–H groups in total. The lowest BCUT2D eigenvalue weighted by atomic mass is 9.97. The van der Waals surface area contributed by atoms with Crippen LogP contribution in [0.4, 0.5) is 18.9 Å². The molecule has 1 fully saturated rings. The molecule has 0 bridgehead atoms. The maximum Gasteiger partial charge on any atom is 0.435 e. The largest absolute Gasteiger partial charge is 0.435 e. The third kappa shape index (κ3) is 2.20. The minimum atomic E-state index is -4.57. The SMILES string of the molecule is Nc1cnc2cc(C3CCOCC3)nn2c1C(F)(F)F. The average Bonchev–Trinajstić information content (AvgIpc) is 2.81. The highest BCUT2D eigenvalue weighted by molar-refractivity contribution is 5.51. The Labute approximate surface area is 112 Å². The van der Waals surface area contributed by atoms with Crippen molar-refractivity contribution in [2.45, 2.75) is 24.9 Å². The predicted octanol–water partition coefficient (Wildman–Crippen LogP) is 2.22. The topological polar surface area (TPSA) is 65.4 Å². The lowest BCUT2D eigenvalue weighted by Crippen LogP contribution is -2.17. The number of ether oxygens (including phenoxy) is 1. The Bertz CT molecular complexity index is 631. The second kappa shape index (κ2) is 4.62. The molecule has 0 radical (unpaired) electrons. The fraction of sp³-hybridized carbons (Fsp3) is 0.500. The molecule has 108 valence electrons. The highest BCUT2D eigenvalue weighted by Gasteiger charge is 2.37. The number of fused-ring (bicyclic) bond motifs is 1. The van der Waals surface area contributed by atoms with Gasteiger partial charge in [0.1, 0.15) is 0 Å². The van der Waals surface area contributed by atoms with Gasteiger partial charge in [-0.1, -0.05) is 0 Å². The summed E-state index contributed by atoms with van der Waals surface area (Å²) in [5, 5.41) is 4.06. The first kappa shape index (κ1) is 13.2. The second-order valence-electron chi connectivity index (χ2n) is 4.79. The average molecular weight is 286 g/mol. The van der Waals surface area contributed by atoms with E-state index < -0.39 is 17.6 Å². The van der Waals surface area contributed by atoms with Gasteiger partial charge in [-0.2, -0.15) is 18.3 Å². The van der Waals surface area contributed by atoms with E-state index in [1.54, 1.807) is 6.07 Å². The highest BCUT2D eigenvalue weighted by atomic mass is 19.4. The predicted molar refractivity (Wildman–Crippen MR) is 65.2 cm³/mol. The fourth-order valence-corrected chi connectivity index (χ4v) is 2.44. The molecule has 0 spiro atoms. The first-order valence-electron chi connectivity index (χ1n) is 6.26. The maximum atomic E-state index is 13.0. The van der Waals surface area contributed by atoms with E-state index >= 15 is 0 Å². The molecule has 0 aromatic carbocycles. The third-order valence-electron chi connectivity index (χ3n) is 3.44. The van der Waals surface area contributed by atoms with Gasteiger partial charge in [0.15, 0.2) is 11.3 Å². The van der Waals surface area contributed by atoms with Crippen molar-refractivity contribution >= 4 is 11.3 Å². The number of nitrogen functional groups attached to an aromatic ring is 1. The van der Waals surface area contributed by atoms with Crippen LogP contribution in [0.1, 0.15) is 30.1 Å². The zero-order valence-electron chi connectivity index (χ0n) is 10.5. The van der Waals surface area contributed by atoms with E-state index in [0.29, 0.717) is 18.9 Å². The van der Waals surface area contributed by atoms with Crippen LogP contribution in [-0.2, 0) is 10.9 Å². The zero-order valence-corrected chi connectivity index (χ0v) is 10.5. The molecule has 3 rings (SSSR count). The van der Waals surface area contributed by atoms with Crippen molar-refractivity contribution in [3.8, 4) is 0 Å². The van der Waals surface area contributed by atoms with Gasteiger partial charge in [0.05, 0.1) is 17.6 Å². The van der Waals surface area contributed by atoms with E-state index in [9.17, 15) is 13.2 Å². The molecule has 0 atom stereocenters. The van der Waals surface area contributed by atoms with Crippen LogP contribution in [0.5, 0.6) is 0 Å². The van der Waals surface area contributed by atoms with Crippen LogP contribution < -0.4 is 5.73 Å². The first-order chi connectivity index (χ1) is 9.47. The Hall–Kier alpha value is -1.83. The summed E-state index contributed by atoms with van der Waals surface area (Å²) < 4.78 is 45.2. The first-order valence-corrected chi connectivity index (χ1v) is 6.26. The molecule has 1 aliphatic heterocycles. The molecular weight excluding hydrogens is 273 g/mol. The number of hydrogen-bond acceptors (Lipinski definition) is 4. The summed E-state index contributed by atoms with van der Waals surface area (Å²) in [6, 6.07) is 1.59. The Balaban J connectivity index is 2.11. The monoisotopic (exact) mass is 286 g/mol. The van der Waals surface area contributed by atoms with Crippen molar-refractivity contribution in [1.82, 2.24) is 14.6 Å². The number of aromatic nitrogens is 3. The van der Waals surface area contributed by atoms with Crippen LogP contribution in [0.2, 0.25) is 0 Å². The Kier molecular flexibility index (Phi) is 3.04. The number of anilines is 1. The number of rotatable bonds is 1. The summed E-state index contributed by atoms with van der Waals surface area (Å²) in [4.78, 5) is 3.91. The molecule has 2 aromatic rings. The maximum absolute atomic E-state index is 13.0. The van der Waals surface area contributed by atoms with E-state index in [-0.39, 0.29) is 11.6 Å². The van der Waals surface area contributed by atoms with E-state index in [0.717, 1.165) is 23.6 Å². The minimum absolute atomic E-state index is 0.104. The second-order valence-corrected chi connectivity index (χ2v) is 4.79. The quantitative estimate of drug-likeness (QED) is 0.873. The van der Waals surface area contributed by atoms with Crippen molar-refractivity contribution in [2.24, 2.45) is 0 Å². The molecule has 0 amide bonds. The van der Waals surface area contributed by atoms with Gasteiger partial charge in [0.25, 0.3) is 0 Å². The van der Waals surface area contributed by atoms with Crippen LogP contribution in [-0.4, -0.2) is 27.8 Å². The summed E-state index contributed by atoms with van der Waals surface area (Å²) in [5.74, 6) is 0.104. The van der Waals surface area contributed by atoms with Gasteiger partial charge in [0, 0.05) is 25.2 Å². The number of alkyl halides is 3. The van der Waals surface area contributed by atoms with E-state index in [4.69, 9.17) is 10.5 Å². The van der Waals surface area contributed by atoms with Gasteiger partial charge in [-0.15, -0.1) is 0 Å². The third-order valence-corrected chi connectivity index (χ3v) is 3.44. The van der Waals surface area contributed by atoms with Crippen LogP contribution in [0.15, 0.2) is 12.3 Å². The summed E-state index contributed by atoms with van der Waals surface area (Å²) >= 11 is 0. The molecule has 0 aliphatic carbocycles. The van der Waals surface area contributed by atoms with Gasteiger partial charge >= 0.3 is 6.18 Å². The summed E-state index contributed by atoms with van der Waals surface area (Å²) in [5.41, 5.74) is 4.77. The molecule has 8 heteroatoms. The van der Waals surface area contributed by atoms with Gasteiger partial charge in [0.2, 0.25) is 0 Å². The molecule has 3 heterocycles. The number of hydrogen-bond donors (Lipinski definition) is 1. The summed E-state index contributed by atoms with van der Waals surface area (Å²) in [6.07, 6.45) is -2.04. The van der Waals surface area contributed by atoms with Crippen molar-refractivity contribution in [2.75, 3.05) is 18.9 Å². The Morgan fingerprint density at radius 1 is 1.30 bits per heavy atom. The fourth-order valence-electron chi connectivity index (χ4n) is 2.44. The van der Waals surface area contributed by atoms with E-state index in [1.807, 2.05) is 0 Å². The minimum Gasteiger partial charge on any atom is -0.396 e. The molecule has 0 saturated carbocycles. The Morgan fingerprint density at radius 3 is 2.65 bits per heavy atom. The van der Waals surface area contributed by atoms with Crippen molar-refractivity contribution in [3.05, 3.63) is 23.7 Å². The lowest BCUT2D eigenvalue weighted by Gasteiger charge is -2.19. The molecule has 1 aliphatic rings. The number of halogens is 3. The number of nitrogens with zero attached hydrogens (tertiary/aromatic N) is 3. The smallest absolute Gasteiger partial charge is 0.396 e. The van der Waals surface area contributed by atoms with Gasteiger partial charge in [-0.3, -0.25) is 0 Å². The van der Waals surface area contributed by atoms with Crippen LogP contribution in [0.3, 0.4) is 0 Å². The zero-order chi connectivity index (χ0) is 14.3. The van der Waals surface area contributed by atoms with Crippen LogP contribution >= 0.6 is 0 Å². The molecule has 20 heavy (non-hydrogen) atoms. The van der Waals surface area contributed by atoms with E-state index in [1.165, 1.54) is 0 Å². The van der Waals surface area contributed by atoms with Crippen LogP contribution in [0, 0.1) is 0 Å². The normalized spacial score (nSPS) is 17.8. The van der Waals surface area contributed by atoms with Crippen LogP contribution in [0.25, 0.3) is 5.65 Å². The Morgan fingerprint density at radius 2 is 2.00 bits per heavy atom. The van der Waals surface area contributed by atoms with Crippen molar-refractivity contribution < 1.29 is 17.9 Å². The summed E-state index contributed by atoms with van der Waals surface area (Å²) in [6.45, 7) is 1.19.